The van der Waals surface area contributed by atoms with E-state index in [1.165, 1.54) is 7.11 Å². The zero-order chi connectivity index (χ0) is 15.5. The molecule has 112 valence electrons. The van der Waals surface area contributed by atoms with Gasteiger partial charge >= 0.3 is 0 Å². The van der Waals surface area contributed by atoms with Gasteiger partial charge in [-0.05, 0) is 17.7 Å². The fourth-order valence-corrected chi connectivity index (χ4v) is 2.27. The number of fused-ring (bicyclic) bond motifs is 1. The van der Waals surface area contributed by atoms with Crippen molar-refractivity contribution in [2.45, 2.75) is 6.61 Å². The van der Waals surface area contributed by atoms with Crippen molar-refractivity contribution in [2.75, 3.05) is 7.11 Å². The first-order chi connectivity index (χ1) is 10.7. The average Bonchev–Trinajstić information content (AvgIpc) is 2.55. The number of ether oxygens (including phenoxy) is 2. The number of aromatic nitrogens is 1. The highest BCUT2D eigenvalue weighted by molar-refractivity contribution is 5.88. The molecule has 1 aromatic heterocycles. The van der Waals surface area contributed by atoms with Crippen molar-refractivity contribution in [1.82, 2.24) is 4.98 Å². The van der Waals surface area contributed by atoms with E-state index in [1.807, 2.05) is 30.3 Å². The smallest absolute Gasteiger partial charge is 0.294 e. The highest BCUT2D eigenvalue weighted by Crippen LogP contribution is 2.32. The monoisotopic (exact) mass is 297 g/mol. The lowest BCUT2D eigenvalue weighted by molar-refractivity contribution is 0.306. The van der Waals surface area contributed by atoms with E-state index >= 15 is 0 Å². The standard InChI is InChI=1S/C17H15NO4/c1-21-16-13-8-7-12(9-14(13)18-17(20)15(16)19)22-10-11-5-3-2-4-6-11/h2-9,19H,10H2,1H3,(H,18,20). The molecular formula is C17H15NO4. The van der Waals surface area contributed by atoms with Crippen molar-refractivity contribution >= 4 is 10.9 Å². The van der Waals surface area contributed by atoms with Gasteiger partial charge in [0, 0.05) is 11.5 Å². The molecular weight excluding hydrogens is 282 g/mol. The van der Waals surface area contributed by atoms with Crippen LogP contribution in [-0.2, 0) is 6.61 Å². The van der Waals surface area contributed by atoms with E-state index in [9.17, 15) is 9.90 Å². The molecule has 0 saturated heterocycles. The molecule has 2 aromatic carbocycles. The van der Waals surface area contributed by atoms with Crippen LogP contribution in [0.4, 0.5) is 0 Å². The maximum absolute atomic E-state index is 11.7. The summed E-state index contributed by atoms with van der Waals surface area (Å²) in [6.07, 6.45) is 0. The van der Waals surface area contributed by atoms with Gasteiger partial charge in [0.2, 0.25) is 5.75 Å². The van der Waals surface area contributed by atoms with Crippen LogP contribution in [0.15, 0.2) is 53.3 Å². The van der Waals surface area contributed by atoms with Crippen molar-refractivity contribution in [3.05, 3.63) is 64.4 Å². The van der Waals surface area contributed by atoms with Crippen molar-refractivity contribution in [2.24, 2.45) is 0 Å². The van der Waals surface area contributed by atoms with E-state index in [0.29, 0.717) is 23.3 Å². The number of rotatable bonds is 4. The summed E-state index contributed by atoms with van der Waals surface area (Å²) >= 11 is 0. The second-order valence-electron chi connectivity index (χ2n) is 4.82. The van der Waals surface area contributed by atoms with Gasteiger partial charge in [-0.2, -0.15) is 0 Å². The Kier molecular flexibility index (Phi) is 3.70. The summed E-state index contributed by atoms with van der Waals surface area (Å²) in [5.41, 5.74) is 1.01. The minimum Gasteiger partial charge on any atom is -0.500 e. The van der Waals surface area contributed by atoms with Gasteiger partial charge in [-0.3, -0.25) is 4.79 Å². The molecule has 1 heterocycles. The quantitative estimate of drug-likeness (QED) is 0.776. The molecule has 0 amide bonds. The van der Waals surface area contributed by atoms with Gasteiger partial charge in [0.05, 0.1) is 12.6 Å². The summed E-state index contributed by atoms with van der Waals surface area (Å²) in [5, 5.41) is 10.3. The molecule has 2 N–H and O–H groups in total. The van der Waals surface area contributed by atoms with Crippen LogP contribution in [0.3, 0.4) is 0 Å². The molecule has 22 heavy (non-hydrogen) atoms. The van der Waals surface area contributed by atoms with Crippen LogP contribution in [0.25, 0.3) is 10.9 Å². The number of hydrogen-bond acceptors (Lipinski definition) is 4. The van der Waals surface area contributed by atoms with E-state index in [-0.39, 0.29) is 5.75 Å². The van der Waals surface area contributed by atoms with E-state index in [4.69, 9.17) is 9.47 Å². The summed E-state index contributed by atoms with van der Waals surface area (Å²) in [5.74, 6) is 0.362. The van der Waals surface area contributed by atoms with E-state index in [1.54, 1.807) is 18.2 Å². The largest absolute Gasteiger partial charge is 0.500 e. The topological polar surface area (TPSA) is 71.5 Å². The molecule has 0 saturated carbocycles. The Morgan fingerprint density at radius 1 is 1.14 bits per heavy atom. The third-order valence-electron chi connectivity index (χ3n) is 3.37. The fourth-order valence-electron chi connectivity index (χ4n) is 2.27. The number of pyridine rings is 1. The van der Waals surface area contributed by atoms with Gasteiger partial charge < -0.3 is 19.6 Å². The second-order valence-corrected chi connectivity index (χ2v) is 4.82. The van der Waals surface area contributed by atoms with Crippen LogP contribution < -0.4 is 15.0 Å². The first-order valence-corrected chi connectivity index (χ1v) is 6.79. The molecule has 0 bridgehead atoms. The molecule has 5 heteroatoms. The van der Waals surface area contributed by atoms with Gasteiger partial charge in [0.1, 0.15) is 12.4 Å². The Hall–Kier alpha value is -2.95. The summed E-state index contributed by atoms with van der Waals surface area (Å²) in [6, 6.07) is 15.0. The number of methoxy groups -OCH3 is 1. The van der Waals surface area contributed by atoms with Crippen LogP contribution in [0.1, 0.15) is 5.56 Å². The van der Waals surface area contributed by atoms with Crippen molar-refractivity contribution in [1.29, 1.82) is 0 Å². The lowest BCUT2D eigenvalue weighted by Gasteiger charge is -2.10. The molecule has 0 radical (unpaired) electrons. The highest BCUT2D eigenvalue weighted by Gasteiger charge is 2.12. The summed E-state index contributed by atoms with van der Waals surface area (Å²) < 4.78 is 10.8. The zero-order valence-electron chi connectivity index (χ0n) is 12.0. The summed E-state index contributed by atoms with van der Waals surface area (Å²) in [4.78, 5) is 14.3. The van der Waals surface area contributed by atoms with Crippen LogP contribution >= 0.6 is 0 Å². The molecule has 0 aliphatic heterocycles. The summed E-state index contributed by atoms with van der Waals surface area (Å²) in [6.45, 7) is 0.436. The van der Waals surface area contributed by atoms with Gasteiger partial charge in [0.25, 0.3) is 5.56 Å². The Balaban J connectivity index is 1.93. The van der Waals surface area contributed by atoms with Crippen molar-refractivity contribution < 1.29 is 14.6 Å². The Labute approximate surface area is 126 Å². The van der Waals surface area contributed by atoms with Gasteiger partial charge in [-0.1, -0.05) is 30.3 Å². The second kappa shape index (κ2) is 5.81. The van der Waals surface area contributed by atoms with E-state index in [2.05, 4.69) is 4.98 Å². The average molecular weight is 297 g/mol. The minimum atomic E-state index is -0.593. The molecule has 5 nitrogen and oxygen atoms in total. The zero-order valence-corrected chi connectivity index (χ0v) is 12.0. The predicted molar refractivity (Wildman–Crippen MR) is 83.6 cm³/mol. The maximum Gasteiger partial charge on any atom is 0.294 e. The molecule has 0 aliphatic carbocycles. The lowest BCUT2D eigenvalue weighted by Crippen LogP contribution is -2.07. The number of nitrogens with one attached hydrogen (secondary N) is 1. The molecule has 0 fully saturated rings. The first-order valence-electron chi connectivity index (χ1n) is 6.79. The van der Waals surface area contributed by atoms with E-state index in [0.717, 1.165) is 5.56 Å². The molecule has 0 atom stereocenters. The van der Waals surface area contributed by atoms with Crippen LogP contribution in [0.2, 0.25) is 0 Å². The normalized spacial score (nSPS) is 10.6. The molecule has 3 rings (SSSR count). The summed E-state index contributed by atoms with van der Waals surface area (Å²) in [7, 11) is 1.41. The predicted octanol–water partition coefficient (Wildman–Crippen LogP) is 2.82. The molecule has 0 spiro atoms. The Morgan fingerprint density at radius 3 is 2.64 bits per heavy atom. The third-order valence-corrected chi connectivity index (χ3v) is 3.37. The van der Waals surface area contributed by atoms with Crippen LogP contribution in [-0.4, -0.2) is 17.2 Å². The third kappa shape index (κ3) is 2.61. The highest BCUT2D eigenvalue weighted by atomic mass is 16.5. The number of aromatic amines is 1. The van der Waals surface area contributed by atoms with Gasteiger partial charge in [0.15, 0.2) is 5.75 Å². The van der Waals surface area contributed by atoms with Crippen LogP contribution in [0, 0.1) is 0 Å². The number of H-pyrrole nitrogens is 1. The van der Waals surface area contributed by atoms with Crippen LogP contribution in [0.5, 0.6) is 17.2 Å². The maximum atomic E-state index is 11.7. The lowest BCUT2D eigenvalue weighted by atomic mass is 10.2. The molecule has 0 aliphatic rings. The number of hydrogen-bond donors (Lipinski definition) is 2. The van der Waals surface area contributed by atoms with Gasteiger partial charge in [-0.25, -0.2) is 0 Å². The minimum absolute atomic E-state index is 0.161. The fraction of sp³-hybridized carbons (Fsp3) is 0.118. The Bertz CT molecular complexity index is 856. The SMILES string of the molecule is COc1c(O)c(=O)[nH]c2cc(OCc3ccccc3)ccc12. The Morgan fingerprint density at radius 2 is 1.91 bits per heavy atom. The van der Waals surface area contributed by atoms with E-state index < -0.39 is 11.3 Å². The number of benzene rings is 2. The molecule has 3 aromatic rings. The molecule has 0 unspecified atom stereocenters. The van der Waals surface area contributed by atoms with Gasteiger partial charge in [-0.15, -0.1) is 0 Å². The van der Waals surface area contributed by atoms with Crippen molar-refractivity contribution in [3.8, 4) is 17.2 Å². The first kappa shape index (κ1) is 14.0. The number of aromatic hydroxyl groups is 1. The van der Waals surface area contributed by atoms with Crippen molar-refractivity contribution in [3.63, 3.8) is 0 Å².